The van der Waals surface area contributed by atoms with Crippen molar-refractivity contribution in [3.05, 3.63) is 22.8 Å². The van der Waals surface area contributed by atoms with Gasteiger partial charge in [0.05, 0.1) is 17.9 Å². The monoisotopic (exact) mass is 644 g/mol. The third kappa shape index (κ3) is 6.67. The largest absolute Gasteiger partial charge is 0.461 e. The Kier molecular flexibility index (Phi) is 8.36. The third-order valence-corrected chi connectivity index (χ3v) is 8.78. The van der Waals surface area contributed by atoms with Crippen molar-refractivity contribution in [2.24, 2.45) is 17.3 Å². The average Bonchev–Trinajstić information content (AvgIpc) is 3.20. The molecule has 4 bridgehead atoms. The molecule has 2 aromatic rings. The molecular weight excluding hydrogens is 599 g/mol. The molecule has 14 heteroatoms. The Labute approximate surface area is 268 Å². The zero-order chi connectivity index (χ0) is 34.0. The first-order valence-corrected chi connectivity index (χ1v) is 15.8. The van der Waals surface area contributed by atoms with Crippen molar-refractivity contribution < 1.29 is 38.1 Å². The Bertz CT molecular complexity index is 1560. The number of halogens is 1. The van der Waals surface area contributed by atoms with Crippen molar-refractivity contribution in [2.45, 2.75) is 117 Å². The molecule has 5 atom stereocenters. The van der Waals surface area contributed by atoms with E-state index in [4.69, 9.17) is 14.2 Å². The van der Waals surface area contributed by atoms with E-state index in [-0.39, 0.29) is 47.0 Å². The van der Waals surface area contributed by atoms with Gasteiger partial charge in [-0.25, -0.2) is 23.8 Å². The zero-order valence-electron chi connectivity index (χ0n) is 28.0. The van der Waals surface area contributed by atoms with Crippen molar-refractivity contribution in [2.75, 3.05) is 17.2 Å². The first-order chi connectivity index (χ1) is 21.2. The number of ether oxygens (including phenoxy) is 3. The third-order valence-electron chi connectivity index (χ3n) is 8.78. The summed E-state index contributed by atoms with van der Waals surface area (Å²) in [6, 6.07) is -0.136. The predicted octanol–water partition coefficient (Wildman–Crippen LogP) is 5.52. The maximum absolute atomic E-state index is 16.0. The number of aliphatic hydroxyl groups is 1. The van der Waals surface area contributed by atoms with Crippen LogP contribution in [-0.4, -0.2) is 72.3 Å². The quantitative estimate of drug-likeness (QED) is 0.255. The maximum atomic E-state index is 16.0. The summed E-state index contributed by atoms with van der Waals surface area (Å²) in [5, 5.41) is 21.5. The van der Waals surface area contributed by atoms with E-state index in [1.807, 2.05) is 0 Å². The van der Waals surface area contributed by atoms with Crippen LogP contribution in [0.3, 0.4) is 0 Å². The summed E-state index contributed by atoms with van der Waals surface area (Å²) in [6.07, 6.45) is 3.04. The van der Waals surface area contributed by atoms with E-state index < -0.39 is 52.2 Å². The van der Waals surface area contributed by atoms with Crippen LogP contribution < -0.4 is 10.6 Å². The predicted molar refractivity (Wildman–Crippen MR) is 166 cm³/mol. The molecule has 4 saturated carbocycles. The Morgan fingerprint density at radius 1 is 1.02 bits per heavy atom. The van der Waals surface area contributed by atoms with Gasteiger partial charge < -0.3 is 30.0 Å². The van der Waals surface area contributed by atoms with Gasteiger partial charge in [-0.3, -0.25) is 0 Å². The van der Waals surface area contributed by atoms with Crippen LogP contribution in [0.2, 0.25) is 0 Å². The molecule has 0 radical (unpaired) electrons. The number of rotatable bonds is 7. The molecule has 46 heavy (non-hydrogen) atoms. The molecule has 5 unspecified atom stereocenters. The van der Waals surface area contributed by atoms with Gasteiger partial charge in [-0.2, -0.15) is 9.67 Å². The van der Waals surface area contributed by atoms with Crippen LogP contribution in [0.15, 0.2) is 0 Å². The van der Waals surface area contributed by atoms with Gasteiger partial charge >= 0.3 is 18.0 Å². The van der Waals surface area contributed by atoms with Crippen LogP contribution in [0, 0.1) is 30.0 Å². The summed E-state index contributed by atoms with van der Waals surface area (Å²) in [4.78, 5) is 47.9. The minimum Gasteiger partial charge on any atom is -0.461 e. The smallest absolute Gasteiger partial charge is 0.435 e. The standard InChI is InChI=1S/C32H45FN6O7/c1-10-44-26(41)21-20(33)24(37-27(34-21)35-22-18-11-17-12-31(22,9)15-32(43,13-17)14-18)36-23-19(25(40)45-29(3,4)5)16(2)39(38-23)28(42)46-30(6,7)8/h17-18,22,43H,10-15H2,1-9H3,(H2,34,35,36,37,38). The summed E-state index contributed by atoms with van der Waals surface area (Å²) in [5.41, 5.74) is -3.40. The fourth-order valence-corrected chi connectivity index (χ4v) is 7.67. The first kappa shape index (κ1) is 33.6. The van der Waals surface area contributed by atoms with Gasteiger partial charge in [-0.15, -0.1) is 5.10 Å². The van der Waals surface area contributed by atoms with Crippen molar-refractivity contribution in [3.8, 4) is 0 Å². The second kappa shape index (κ2) is 11.5. The van der Waals surface area contributed by atoms with Crippen LogP contribution >= 0.6 is 0 Å². The molecular formula is C32H45FN6O7. The lowest BCUT2D eigenvalue weighted by Gasteiger charge is -2.63. The Morgan fingerprint density at radius 2 is 1.70 bits per heavy atom. The summed E-state index contributed by atoms with van der Waals surface area (Å²) >= 11 is 0. The van der Waals surface area contributed by atoms with Gasteiger partial charge in [-0.1, -0.05) is 6.92 Å². The highest BCUT2D eigenvalue weighted by atomic mass is 19.1. The van der Waals surface area contributed by atoms with Crippen molar-refractivity contribution >= 4 is 35.6 Å². The van der Waals surface area contributed by atoms with E-state index in [0.717, 1.165) is 23.9 Å². The topological polar surface area (TPSA) is 167 Å². The van der Waals surface area contributed by atoms with Gasteiger partial charge in [0.1, 0.15) is 16.8 Å². The number of carbonyl (C=O) groups is 3. The molecule has 252 valence electrons. The first-order valence-electron chi connectivity index (χ1n) is 15.8. The van der Waals surface area contributed by atoms with Crippen LogP contribution in [-0.2, 0) is 14.2 Å². The van der Waals surface area contributed by atoms with Crippen molar-refractivity contribution in [1.29, 1.82) is 0 Å². The van der Waals surface area contributed by atoms with Gasteiger partial charge in [0.25, 0.3) is 0 Å². The fraction of sp³-hybridized carbons (Fsp3) is 0.688. The molecule has 0 aliphatic heterocycles. The number of nitrogens with one attached hydrogen (secondary N) is 2. The lowest BCUT2D eigenvalue weighted by molar-refractivity contribution is -0.163. The molecule has 4 fully saturated rings. The van der Waals surface area contributed by atoms with E-state index >= 15 is 4.39 Å². The zero-order valence-corrected chi connectivity index (χ0v) is 28.0. The SMILES string of the molecule is CCOC(=O)c1nc(NC2C3CC4CC(O)(C3)CC2(C)C4)nc(Nc2nn(C(=O)OC(C)(C)C)c(C)c2C(=O)OC(C)(C)C)c1F. The average molecular weight is 645 g/mol. The molecule has 2 heterocycles. The van der Waals surface area contributed by atoms with Crippen molar-refractivity contribution in [3.63, 3.8) is 0 Å². The summed E-state index contributed by atoms with van der Waals surface area (Å²) in [5.74, 6) is -3.11. The number of hydrogen-bond acceptors (Lipinski definition) is 12. The van der Waals surface area contributed by atoms with Gasteiger partial charge in [0.15, 0.2) is 23.1 Å². The molecule has 13 nitrogen and oxygen atoms in total. The van der Waals surface area contributed by atoms with Crippen molar-refractivity contribution in [1.82, 2.24) is 19.7 Å². The molecule has 0 saturated heterocycles. The Hall–Kier alpha value is -3.81. The molecule has 0 aromatic carbocycles. The van der Waals surface area contributed by atoms with Crippen LogP contribution in [0.25, 0.3) is 0 Å². The minimum atomic E-state index is -1.13. The maximum Gasteiger partial charge on any atom is 0.435 e. The highest BCUT2D eigenvalue weighted by Gasteiger charge is 2.60. The van der Waals surface area contributed by atoms with E-state index in [0.29, 0.717) is 18.8 Å². The number of aromatic nitrogens is 4. The van der Waals surface area contributed by atoms with E-state index in [1.165, 1.54) is 6.92 Å². The van der Waals surface area contributed by atoms with Gasteiger partial charge in [0.2, 0.25) is 5.95 Å². The summed E-state index contributed by atoms with van der Waals surface area (Å²) in [6.45, 7) is 15.3. The molecule has 3 N–H and O–H groups in total. The normalized spacial score (nSPS) is 26.9. The van der Waals surface area contributed by atoms with E-state index in [9.17, 15) is 19.5 Å². The van der Waals surface area contributed by atoms with E-state index in [1.54, 1.807) is 48.5 Å². The number of esters is 2. The Balaban J connectivity index is 1.56. The Morgan fingerprint density at radius 3 is 2.28 bits per heavy atom. The molecule has 4 aliphatic rings. The summed E-state index contributed by atoms with van der Waals surface area (Å²) in [7, 11) is 0. The second-order valence-corrected chi connectivity index (χ2v) is 15.3. The molecule has 6 rings (SSSR count). The van der Waals surface area contributed by atoms with Crippen LogP contribution in [0.1, 0.15) is 114 Å². The minimum absolute atomic E-state index is 0.0151. The number of anilines is 3. The number of nitrogens with zero attached hydrogens (tertiary/aromatic N) is 4. The highest BCUT2D eigenvalue weighted by molar-refractivity contribution is 5.98. The second-order valence-electron chi connectivity index (χ2n) is 15.3. The molecule has 0 spiro atoms. The lowest BCUT2D eigenvalue weighted by Crippen LogP contribution is -2.63. The summed E-state index contributed by atoms with van der Waals surface area (Å²) < 4.78 is 33.0. The number of hydrogen-bond donors (Lipinski definition) is 3. The fourth-order valence-electron chi connectivity index (χ4n) is 7.67. The van der Waals surface area contributed by atoms with Crippen LogP contribution in [0.5, 0.6) is 0 Å². The molecule has 0 amide bonds. The van der Waals surface area contributed by atoms with E-state index in [2.05, 4.69) is 32.6 Å². The highest BCUT2D eigenvalue weighted by Crippen LogP contribution is 2.61. The van der Waals surface area contributed by atoms with Gasteiger partial charge in [-0.05, 0) is 105 Å². The molecule has 4 aliphatic carbocycles. The van der Waals surface area contributed by atoms with Crippen LogP contribution in [0.4, 0.5) is 26.8 Å². The number of carbonyl (C=O) groups excluding carboxylic acids is 3. The van der Waals surface area contributed by atoms with Gasteiger partial charge in [0, 0.05) is 6.04 Å². The molecule has 2 aromatic heterocycles. The lowest BCUT2D eigenvalue weighted by atomic mass is 9.46.